The molecule has 0 radical (unpaired) electrons. The summed E-state index contributed by atoms with van der Waals surface area (Å²) in [5, 5.41) is 0. The number of rotatable bonds is 1. The van der Waals surface area contributed by atoms with Gasteiger partial charge < -0.3 is 11.5 Å². The van der Waals surface area contributed by atoms with Crippen LogP contribution in [0.2, 0.25) is 0 Å². The first-order valence-corrected chi connectivity index (χ1v) is 4.07. The second-order valence-corrected chi connectivity index (χ2v) is 3.52. The van der Waals surface area contributed by atoms with E-state index in [9.17, 15) is 8.78 Å². The van der Waals surface area contributed by atoms with Gasteiger partial charge in [0.15, 0.2) is 11.6 Å². The van der Waals surface area contributed by atoms with Crippen molar-refractivity contribution < 1.29 is 8.78 Å². The maximum absolute atomic E-state index is 13.2. The van der Waals surface area contributed by atoms with E-state index in [4.69, 9.17) is 11.5 Å². The Morgan fingerprint density at radius 2 is 1.85 bits per heavy atom. The molecular weight excluding hydrogens is 174 g/mol. The van der Waals surface area contributed by atoms with Crippen molar-refractivity contribution in [1.82, 2.24) is 0 Å². The van der Waals surface area contributed by atoms with E-state index < -0.39 is 17.2 Å². The second-order valence-electron chi connectivity index (χ2n) is 3.52. The number of anilines is 1. The molecule has 1 saturated carbocycles. The van der Waals surface area contributed by atoms with Gasteiger partial charge in [0, 0.05) is 16.8 Å². The van der Waals surface area contributed by atoms with Gasteiger partial charge in [0.2, 0.25) is 0 Å². The van der Waals surface area contributed by atoms with Crippen molar-refractivity contribution in [2.24, 2.45) is 5.73 Å². The molecule has 2 rings (SSSR count). The lowest BCUT2D eigenvalue weighted by molar-refractivity contribution is 0.486. The zero-order valence-corrected chi connectivity index (χ0v) is 6.98. The minimum atomic E-state index is -0.924. The van der Waals surface area contributed by atoms with Crippen LogP contribution in [0.5, 0.6) is 0 Å². The fourth-order valence-corrected chi connectivity index (χ4v) is 1.38. The Kier molecular flexibility index (Phi) is 1.57. The third-order valence-corrected chi connectivity index (χ3v) is 2.38. The summed E-state index contributed by atoms with van der Waals surface area (Å²) < 4.78 is 26.1. The summed E-state index contributed by atoms with van der Waals surface area (Å²) in [6, 6.07) is 2.37. The Labute approximate surface area is 74.5 Å². The molecule has 0 bridgehead atoms. The zero-order valence-electron chi connectivity index (χ0n) is 6.98. The standard InChI is InChI=1S/C9H10F2N2/c10-7-4-5(12)3-6(8(7)11)9(13)1-2-9/h3-4H,1-2,12-13H2. The Morgan fingerprint density at radius 1 is 1.23 bits per heavy atom. The molecule has 1 fully saturated rings. The van der Waals surface area contributed by atoms with Gasteiger partial charge in [0.1, 0.15) is 0 Å². The van der Waals surface area contributed by atoms with Crippen LogP contribution in [-0.4, -0.2) is 0 Å². The molecule has 13 heavy (non-hydrogen) atoms. The van der Waals surface area contributed by atoms with E-state index in [1.165, 1.54) is 6.07 Å². The maximum Gasteiger partial charge on any atom is 0.164 e. The topological polar surface area (TPSA) is 52.0 Å². The summed E-state index contributed by atoms with van der Waals surface area (Å²) in [5.74, 6) is -1.79. The smallest absolute Gasteiger partial charge is 0.164 e. The van der Waals surface area contributed by atoms with Crippen molar-refractivity contribution in [3.05, 3.63) is 29.3 Å². The zero-order chi connectivity index (χ0) is 9.64. The van der Waals surface area contributed by atoms with Crippen LogP contribution < -0.4 is 11.5 Å². The van der Waals surface area contributed by atoms with Crippen LogP contribution >= 0.6 is 0 Å². The van der Waals surface area contributed by atoms with Crippen molar-refractivity contribution in [2.45, 2.75) is 18.4 Å². The highest BCUT2D eigenvalue weighted by Crippen LogP contribution is 2.44. The molecule has 0 atom stereocenters. The fraction of sp³-hybridized carbons (Fsp3) is 0.333. The van der Waals surface area contributed by atoms with Crippen LogP contribution in [0.1, 0.15) is 18.4 Å². The van der Waals surface area contributed by atoms with Gasteiger partial charge in [0.25, 0.3) is 0 Å². The lowest BCUT2D eigenvalue weighted by atomic mass is 10.0. The first-order chi connectivity index (χ1) is 6.03. The minimum Gasteiger partial charge on any atom is -0.399 e. The fourth-order valence-electron chi connectivity index (χ4n) is 1.38. The molecule has 1 aromatic rings. The van der Waals surface area contributed by atoms with Crippen molar-refractivity contribution in [2.75, 3.05) is 5.73 Å². The summed E-state index contributed by atoms with van der Waals surface area (Å²) in [6.07, 6.45) is 1.37. The van der Waals surface area contributed by atoms with E-state index in [1.54, 1.807) is 0 Å². The molecule has 0 spiro atoms. The Hall–Kier alpha value is -1.16. The van der Waals surface area contributed by atoms with Gasteiger partial charge in [-0.05, 0) is 25.0 Å². The van der Waals surface area contributed by atoms with Gasteiger partial charge >= 0.3 is 0 Å². The number of benzene rings is 1. The number of nitrogen functional groups attached to an aromatic ring is 1. The molecule has 0 heterocycles. The van der Waals surface area contributed by atoms with Crippen molar-refractivity contribution in [3.8, 4) is 0 Å². The molecule has 0 aromatic heterocycles. The molecule has 4 heteroatoms. The van der Waals surface area contributed by atoms with Crippen molar-refractivity contribution in [1.29, 1.82) is 0 Å². The summed E-state index contributed by atoms with van der Waals surface area (Å²) in [4.78, 5) is 0. The van der Waals surface area contributed by atoms with Gasteiger partial charge in [-0.2, -0.15) is 0 Å². The molecule has 0 amide bonds. The third kappa shape index (κ3) is 1.27. The number of hydrogen-bond acceptors (Lipinski definition) is 2. The lowest BCUT2D eigenvalue weighted by Crippen LogP contribution is -2.21. The molecule has 1 aromatic carbocycles. The summed E-state index contributed by atoms with van der Waals surface area (Å²) in [7, 11) is 0. The molecule has 0 aliphatic heterocycles. The van der Waals surface area contributed by atoms with Gasteiger partial charge in [0.05, 0.1) is 0 Å². The molecule has 1 aliphatic carbocycles. The first-order valence-electron chi connectivity index (χ1n) is 4.07. The van der Waals surface area contributed by atoms with E-state index in [1.807, 2.05) is 0 Å². The van der Waals surface area contributed by atoms with Crippen molar-refractivity contribution >= 4 is 5.69 Å². The van der Waals surface area contributed by atoms with Gasteiger partial charge in [-0.25, -0.2) is 8.78 Å². The highest BCUT2D eigenvalue weighted by atomic mass is 19.2. The molecule has 2 nitrogen and oxygen atoms in total. The van der Waals surface area contributed by atoms with E-state index in [0.717, 1.165) is 6.07 Å². The second kappa shape index (κ2) is 2.42. The largest absolute Gasteiger partial charge is 0.399 e. The number of hydrogen-bond donors (Lipinski definition) is 2. The Bertz CT molecular complexity index is 359. The van der Waals surface area contributed by atoms with Gasteiger partial charge in [-0.1, -0.05) is 0 Å². The van der Waals surface area contributed by atoms with Crippen LogP contribution in [-0.2, 0) is 5.54 Å². The monoisotopic (exact) mass is 184 g/mol. The van der Waals surface area contributed by atoms with Gasteiger partial charge in [-0.15, -0.1) is 0 Å². The molecule has 70 valence electrons. The predicted molar refractivity (Wildman–Crippen MR) is 45.9 cm³/mol. The van der Waals surface area contributed by atoms with Crippen molar-refractivity contribution in [3.63, 3.8) is 0 Å². The molecule has 1 aliphatic rings. The van der Waals surface area contributed by atoms with Crippen LogP contribution in [0.25, 0.3) is 0 Å². The van der Waals surface area contributed by atoms with Crippen LogP contribution in [0, 0.1) is 11.6 Å². The van der Waals surface area contributed by atoms with Gasteiger partial charge in [-0.3, -0.25) is 0 Å². The average molecular weight is 184 g/mol. The van der Waals surface area contributed by atoms with Crippen LogP contribution in [0.4, 0.5) is 14.5 Å². The van der Waals surface area contributed by atoms with E-state index in [0.29, 0.717) is 12.8 Å². The first kappa shape index (κ1) is 8.44. The normalized spacial score (nSPS) is 18.7. The molecule has 0 unspecified atom stereocenters. The van der Waals surface area contributed by atoms with Crippen LogP contribution in [0.3, 0.4) is 0 Å². The lowest BCUT2D eigenvalue weighted by Gasteiger charge is -2.11. The number of nitrogens with two attached hydrogens (primary N) is 2. The highest BCUT2D eigenvalue weighted by Gasteiger charge is 2.42. The predicted octanol–water partition coefficient (Wildman–Crippen LogP) is 1.49. The summed E-state index contributed by atoms with van der Waals surface area (Å²) >= 11 is 0. The Morgan fingerprint density at radius 3 is 2.38 bits per heavy atom. The van der Waals surface area contributed by atoms with E-state index >= 15 is 0 Å². The van der Waals surface area contributed by atoms with Crippen LogP contribution in [0.15, 0.2) is 12.1 Å². The summed E-state index contributed by atoms with van der Waals surface area (Å²) in [5.41, 5.74) is 10.9. The summed E-state index contributed by atoms with van der Waals surface area (Å²) in [6.45, 7) is 0. The quantitative estimate of drug-likeness (QED) is 0.650. The molecule has 0 saturated heterocycles. The molecular formula is C9H10F2N2. The Balaban J connectivity index is 2.56. The minimum absolute atomic E-state index is 0.199. The van der Waals surface area contributed by atoms with E-state index in [2.05, 4.69) is 0 Å². The third-order valence-electron chi connectivity index (χ3n) is 2.38. The SMILES string of the molecule is Nc1cc(F)c(F)c(C2(N)CC2)c1. The average Bonchev–Trinajstić information content (AvgIpc) is 2.77. The van der Waals surface area contributed by atoms with E-state index in [-0.39, 0.29) is 11.3 Å². The highest BCUT2D eigenvalue weighted by molar-refractivity contribution is 5.46. The maximum atomic E-state index is 13.2. The molecule has 4 N–H and O–H groups in total. The number of halogens is 2.